The van der Waals surface area contributed by atoms with Gasteiger partial charge in [-0.25, -0.2) is 0 Å². The number of hydrogen-bond acceptors (Lipinski definition) is 7. The Morgan fingerprint density at radius 1 is 1.32 bits per heavy atom. The van der Waals surface area contributed by atoms with Gasteiger partial charge in [0.15, 0.2) is 11.0 Å². The molecule has 6 nitrogen and oxygen atoms in total. The van der Waals surface area contributed by atoms with Crippen molar-refractivity contribution in [2.45, 2.75) is 51.2 Å². The Kier molecular flexibility index (Phi) is 6.73. The summed E-state index contributed by atoms with van der Waals surface area (Å²) in [7, 11) is 0. The second-order valence-electron chi connectivity index (χ2n) is 8.37. The molecule has 34 heavy (non-hydrogen) atoms. The van der Waals surface area contributed by atoms with Crippen LogP contribution >= 0.6 is 34.4 Å². The molecule has 1 N–H and O–H groups in total. The molecule has 1 aromatic carbocycles. The summed E-state index contributed by atoms with van der Waals surface area (Å²) in [6.45, 7) is 4.99. The summed E-state index contributed by atoms with van der Waals surface area (Å²) < 4.78 is 3.27. The number of fused-ring (bicyclic) bond motifs is 2. The maximum atomic E-state index is 12.8. The molecule has 0 fully saturated rings. The van der Waals surface area contributed by atoms with E-state index in [9.17, 15) is 10.1 Å². The van der Waals surface area contributed by atoms with E-state index in [-0.39, 0.29) is 11.7 Å². The molecule has 3 heterocycles. The molecule has 174 valence electrons. The van der Waals surface area contributed by atoms with Crippen LogP contribution in [0.3, 0.4) is 0 Å². The zero-order valence-corrected chi connectivity index (χ0v) is 21.6. The van der Waals surface area contributed by atoms with Crippen molar-refractivity contribution in [1.29, 1.82) is 5.26 Å². The number of hydrogen-bond donors (Lipinski definition) is 1. The van der Waals surface area contributed by atoms with E-state index in [0.29, 0.717) is 23.0 Å². The summed E-state index contributed by atoms with van der Waals surface area (Å²) in [5, 5.41) is 26.3. The molecular weight excluding hydrogens is 483 g/mol. The van der Waals surface area contributed by atoms with Gasteiger partial charge in [0.25, 0.3) is 0 Å². The Labute approximate surface area is 211 Å². The van der Waals surface area contributed by atoms with E-state index in [1.807, 2.05) is 12.1 Å². The molecule has 0 saturated heterocycles. The van der Waals surface area contributed by atoms with Crippen LogP contribution in [0.5, 0.6) is 0 Å². The standard InChI is InChI=1S/C25H25N5OS3/c1-3-15-9-10-17-18(12-26)24(34-21(17)11-15)27-22(31)14-33-25-29-28-23(30(25)4-2)19-13-32-20-8-6-5-7-16(19)20/h5-8,13,15H,3-4,9-11,14H2,1-2H3,(H,27,31). The van der Waals surface area contributed by atoms with Gasteiger partial charge in [-0.15, -0.1) is 32.9 Å². The van der Waals surface area contributed by atoms with Crippen molar-refractivity contribution in [2.24, 2.45) is 5.92 Å². The lowest BCUT2D eigenvalue weighted by molar-refractivity contribution is -0.113. The van der Waals surface area contributed by atoms with Crippen LogP contribution < -0.4 is 5.32 Å². The summed E-state index contributed by atoms with van der Waals surface area (Å²) in [5.41, 5.74) is 2.86. The van der Waals surface area contributed by atoms with E-state index in [1.54, 1.807) is 22.7 Å². The monoisotopic (exact) mass is 507 g/mol. The van der Waals surface area contributed by atoms with Crippen LogP contribution in [0.25, 0.3) is 21.5 Å². The highest BCUT2D eigenvalue weighted by atomic mass is 32.2. The summed E-state index contributed by atoms with van der Waals surface area (Å²) in [6.07, 6.45) is 4.21. The van der Waals surface area contributed by atoms with E-state index >= 15 is 0 Å². The van der Waals surface area contributed by atoms with Gasteiger partial charge in [0.05, 0.1) is 11.3 Å². The first-order valence-electron chi connectivity index (χ1n) is 11.5. The quantitative estimate of drug-likeness (QED) is 0.294. The second kappa shape index (κ2) is 9.90. The fourth-order valence-electron chi connectivity index (χ4n) is 4.53. The summed E-state index contributed by atoms with van der Waals surface area (Å²) in [5.74, 6) is 1.59. The third-order valence-electron chi connectivity index (χ3n) is 6.40. The van der Waals surface area contributed by atoms with E-state index in [0.717, 1.165) is 47.8 Å². The van der Waals surface area contributed by atoms with Crippen molar-refractivity contribution >= 4 is 55.4 Å². The highest BCUT2D eigenvalue weighted by Crippen LogP contribution is 2.40. The Morgan fingerprint density at radius 3 is 2.97 bits per heavy atom. The molecule has 0 spiro atoms. The van der Waals surface area contributed by atoms with Crippen LogP contribution in [0.1, 0.15) is 42.7 Å². The number of amides is 1. The molecule has 0 saturated carbocycles. The van der Waals surface area contributed by atoms with Crippen molar-refractivity contribution in [3.8, 4) is 17.5 Å². The van der Waals surface area contributed by atoms with E-state index in [2.05, 4.69) is 57.5 Å². The first-order chi connectivity index (χ1) is 16.6. The predicted molar refractivity (Wildman–Crippen MR) is 141 cm³/mol. The van der Waals surface area contributed by atoms with Gasteiger partial charge in [-0.1, -0.05) is 43.3 Å². The van der Waals surface area contributed by atoms with Crippen LogP contribution in [-0.4, -0.2) is 26.4 Å². The Bertz CT molecular complexity index is 1390. The SMILES string of the molecule is CCC1CCc2c(sc(NC(=O)CSc3nnc(-c4csc5ccccc45)n3CC)c2C#N)C1. The van der Waals surface area contributed by atoms with Gasteiger partial charge in [0.2, 0.25) is 5.91 Å². The average molecular weight is 508 g/mol. The number of nitrogens with zero attached hydrogens (tertiary/aromatic N) is 4. The van der Waals surface area contributed by atoms with Gasteiger partial charge >= 0.3 is 0 Å². The number of aromatic nitrogens is 3. The number of carbonyl (C=O) groups excluding carboxylic acids is 1. The molecular formula is C25H25N5OS3. The van der Waals surface area contributed by atoms with Gasteiger partial charge in [0.1, 0.15) is 11.1 Å². The smallest absolute Gasteiger partial charge is 0.235 e. The Morgan fingerprint density at radius 2 is 2.18 bits per heavy atom. The molecule has 9 heteroatoms. The van der Waals surface area contributed by atoms with E-state index in [1.165, 1.54) is 26.7 Å². The van der Waals surface area contributed by atoms with Crippen LogP contribution in [0, 0.1) is 17.2 Å². The molecule has 1 unspecified atom stereocenters. The van der Waals surface area contributed by atoms with Crippen LogP contribution in [-0.2, 0) is 24.2 Å². The lowest BCUT2D eigenvalue weighted by Gasteiger charge is -2.20. The minimum absolute atomic E-state index is 0.125. The molecule has 1 atom stereocenters. The van der Waals surface area contributed by atoms with Gasteiger partial charge in [-0.3, -0.25) is 4.79 Å². The minimum atomic E-state index is -0.125. The third kappa shape index (κ3) is 4.26. The largest absolute Gasteiger partial charge is 0.316 e. The molecule has 0 bridgehead atoms. The lowest BCUT2D eigenvalue weighted by atomic mass is 9.86. The lowest BCUT2D eigenvalue weighted by Crippen LogP contribution is -2.15. The maximum Gasteiger partial charge on any atom is 0.235 e. The molecule has 5 rings (SSSR count). The molecule has 3 aromatic heterocycles. The highest BCUT2D eigenvalue weighted by Gasteiger charge is 2.26. The normalized spacial score (nSPS) is 15.3. The van der Waals surface area contributed by atoms with Crippen molar-refractivity contribution in [3.63, 3.8) is 0 Å². The van der Waals surface area contributed by atoms with Crippen molar-refractivity contribution in [1.82, 2.24) is 14.8 Å². The number of rotatable bonds is 7. The summed E-state index contributed by atoms with van der Waals surface area (Å²) in [4.78, 5) is 14.1. The zero-order chi connectivity index (χ0) is 23.7. The molecule has 1 aliphatic carbocycles. The van der Waals surface area contributed by atoms with Crippen LogP contribution in [0.15, 0.2) is 34.8 Å². The van der Waals surface area contributed by atoms with Crippen LogP contribution in [0.4, 0.5) is 5.00 Å². The topological polar surface area (TPSA) is 83.6 Å². The molecule has 1 aliphatic rings. The predicted octanol–water partition coefficient (Wildman–Crippen LogP) is 6.36. The number of benzene rings is 1. The van der Waals surface area contributed by atoms with Crippen LogP contribution in [0.2, 0.25) is 0 Å². The van der Waals surface area contributed by atoms with Crippen molar-refractivity contribution in [2.75, 3.05) is 11.1 Å². The Balaban J connectivity index is 1.31. The van der Waals surface area contributed by atoms with Gasteiger partial charge < -0.3 is 9.88 Å². The number of nitrogens with one attached hydrogen (secondary N) is 1. The second-order valence-corrected chi connectivity index (χ2v) is 11.3. The fraction of sp³-hybridized carbons (Fsp3) is 0.360. The van der Waals surface area contributed by atoms with E-state index < -0.39 is 0 Å². The highest BCUT2D eigenvalue weighted by molar-refractivity contribution is 7.99. The first kappa shape index (κ1) is 23.1. The van der Waals surface area contributed by atoms with Crippen molar-refractivity contribution < 1.29 is 4.79 Å². The zero-order valence-electron chi connectivity index (χ0n) is 19.1. The molecule has 0 radical (unpaired) electrons. The molecule has 1 amide bonds. The Hall–Kier alpha value is -2.67. The molecule has 4 aromatic rings. The average Bonchev–Trinajstić information content (AvgIpc) is 3.56. The number of nitriles is 1. The first-order valence-corrected chi connectivity index (χ1v) is 14.2. The van der Waals surface area contributed by atoms with Gasteiger partial charge in [-0.2, -0.15) is 5.26 Å². The summed E-state index contributed by atoms with van der Waals surface area (Å²) in [6, 6.07) is 10.6. The minimum Gasteiger partial charge on any atom is -0.316 e. The summed E-state index contributed by atoms with van der Waals surface area (Å²) >= 11 is 4.64. The van der Waals surface area contributed by atoms with Gasteiger partial charge in [0, 0.05) is 32.5 Å². The number of thioether (sulfide) groups is 1. The number of anilines is 1. The third-order valence-corrected chi connectivity index (χ3v) is 9.50. The van der Waals surface area contributed by atoms with Gasteiger partial charge in [-0.05, 0) is 43.7 Å². The fourth-order valence-corrected chi connectivity index (χ4v) is 7.60. The number of carbonyl (C=O) groups is 1. The molecule has 0 aliphatic heterocycles. The maximum absolute atomic E-state index is 12.8. The van der Waals surface area contributed by atoms with Crippen molar-refractivity contribution in [3.05, 3.63) is 45.6 Å². The van der Waals surface area contributed by atoms with E-state index in [4.69, 9.17) is 0 Å². The number of thiophene rings is 2.